The van der Waals surface area contributed by atoms with Gasteiger partial charge in [0.05, 0.1) is 6.20 Å². The molecule has 1 heterocycles. The zero-order valence-corrected chi connectivity index (χ0v) is 12.7. The highest BCUT2D eigenvalue weighted by atomic mass is 15.3. The van der Waals surface area contributed by atoms with Gasteiger partial charge in [0.15, 0.2) is 0 Å². The number of rotatable bonds is 8. The van der Waals surface area contributed by atoms with Gasteiger partial charge < -0.3 is 5.32 Å². The molecule has 1 atom stereocenters. The van der Waals surface area contributed by atoms with Crippen LogP contribution in [0.5, 0.6) is 0 Å². The van der Waals surface area contributed by atoms with Crippen molar-refractivity contribution in [2.24, 2.45) is 5.41 Å². The van der Waals surface area contributed by atoms with Gasteiger partial charge in [0, 0.05) is 18.8 Å². The fourth-order valence-electron chi connectivity index (χ4n) is 2.11. The number of nitrogens with zero attached hydrogens (tertiary/aromatic N) is 2. The molecule has 0 aliphatic heterocycles. The lowest BCUT2D eigenvalue weighted by molar-refractivity contribution is 0.230. The molecule has 0 aliphatic carbocycles. The van der Waals surface area contributed by atoms with E-state index < -0.39 is 0 Å². The molecule has 1 aromatic rings. The predicted molar refractivity (Wildman–Crippen MR) is 77.8 cm³/mol. The molecule has 3 nitrogen and oxygen atoms in total. The Morgan fingerprint density at radius 3 is 2.56 bits per heavy atom. The summed E-state index contributed by atoms with van der Waals surface area (Å²) in [5.74, 6) is 0. The van der Waals surface area contributed by atoms with E-state index in [9.17, 15) is 0 Å². The molecule has 3 heteroatoms. The fraction of sp³-hybridized carbons (Fsp3) is 0.800. The average Bonchev–Trinajstić information content (AvgIpc) is 2.82. The fourth-order valence-corrected chi connectivity index (χ4v) is 2.11. The van der Waals surface area contributed by atoms with Crippen molar-refractivity contribution in [3.8, 4) is 0 Å². The monoisotopic (exact) mass is 251 g/mol. The van der Waals surface area contributed by atoms with Gasteiger partial charge >= 0.3 is 0 Å². The largest absolute Gasteiger partial charge is 0.313 e. The van der Waals surface area contributed by atoms with Crippen LogP contribution in [-0.4, -0.2) is 22.4 Å². The Balaban J connectivity index is 2.71. The maximum atomic E-state index is 4.36. The van der Waals surface area contributed by atoms with Crippen LogP contribution in [0.1, 0.15) is 53.0 Å². The Bertz CT molecular complexity index is 341. The molecule has 0 saturated carbocycles. The van der Waals surface area contributed by atoms with Crippen molar-refractivity contribution in [2.45, 2.75) is 66.5 Å². The smallest absolute Gasteiger partial charge is 0.0522 e. The van der Waals surface area contributed by atoms with Crippen LogP contribution in [0.15, 0.2) is 12.4 Å². The molecule has 0 fully saturated rings. The average molecular weight is 251 g/mol. The highest BCUT2D eigenvalue weighted by molar-refractivity contribution is 5.08. The van der Waals surface area contributed by atoms with Gasteiger partial charge in [0.25, 0.3) is 0 Å². The van der Waals surface area contributed by atoms with Crippen LogP contribution < -0.4 is 5.32 Å². The Labute approximate surface area is 112 Å². The van der Waals surface area contributed by atoms with E-state index in [2.05, 4.69) is 51.2 Å². The maximum absolute atomic E-state index is 4.36. The van der Waals surface area contributed by atoms with Gasteiger partial charge in [-0.1, -0.05) is 27.7 Å². The van der Waals surface area contributed by atoms with Gasteiger partial charge in [-0.15, -0.1) is 0 Å². The minimum absolute atomic E-state index is 0.323. The summed E-state index contributed by atoms with van der Waals surface area (Å²) in [4.78, 5) is 0. The van der Waals surface area contributed by atoms with Crippen molar-refractivity contribution in [3.05, 3.63) is 18.0 Å². The molecule has 1 aromatic heterocycles. The second-order valence-corrected chi connectivity index (χ2v) is 5.76. The summed E-state index contributed by atoms with van der Waals surface area (Å²) in [5.41, 5.74) is 1.66. The summed E-state index contributed by atoms with van der Waals surface area (Å²) in [6, 6.07) is 0.525. The van der Waals surface area contributed by atoms with E-state index in [1.807, 2.05) is 10.9 Å². The summed E-state index contributed by atoms with van der Waals surface area (Å²) in [6.07, 6.45) is 7.63. The first-order valence-electron chi connectivity index (χ1n) is 7.28. The molecule has 0 amide bonds. The number of nitrogens with one attached hydrogen (secondary N) is 1. The van der Waals surface area contributed by atoms with Crippen LogP contribution >= 0.6 is 0 Å². The van der Waals surface area contributed by atoms with Gasteiger partial charge in [-0.05, 0) is 43.7 Å². The topological polar surface area (TPSA) is 29.9 Å². The predicted octanol–water partition coefficient (Wildman–Crippen LogP) is 3.25. The Kier molecular flexibility index (Phi) is 5.86. The summed E-state index contributed by atoms with van der Waals surface area (Å²) in [7, 11) is 0. The summed E-state index contributed by atoms with van der Waals surface area (Å²) in [6.45, 7) is 13.4. The SMILES string of the molecule is CCCNC(Cc1cnn(CC)c1)C(C)(C)CC. The van der Waals surface area contributed by atoms with E-state index in [0.29, 0.717) is 11.5 Å². The van der Waals surface area contributed by atoms with Crippen LogP contribution in [0.3, 0.4) is 0 Å². The standard InChI is InChI=1S/C15H29N3/c1-6-9-16-14(15(4,5)7-2)10-13-11-17-18(8-3)12-13/h11-12,14,16H,6-10H2,1-5H3. The summed E-state index contributed by atoms with van der Waals surface area (Å²) >= 11 is 0. The minimum atomic E-state index is 0.323. The first-order chi connectivity index (χ1) is 8.53. The molecule has 1 rings (SSSR count). The first-order valence-corrected chi connectivity index (χ1v) is 7.28. The van der Waals surface area contributed by atoms with Crippen molar-refractivity contribution in [1.82, 2.24) is 15.1 Å². The van der Waals surface area contributed by atoms with E-state index in [-0.39, 0.29) is 0 Å². The molecule has 0 bridgehead atoms. The minimum Gasteiger partial charge on any atom is -0.313 e. The molecule has 0 aliphatic rings. The van der Waals surface area contributed by atoms with Crippen molar-refractivity contribution < 1.29 is 0 Å². The third-order valence-corrected chi connectivity index (χ3v) is 3.95. The molecule has 0 saturated heterocycles. The molecule has 1 unspecified atom stereocenters. The number of hydrogen-bond donors (Lipinski definition) is 1. The molecule has 0 radical (unpaired) electrons. The van der Waals surface area contributed by atoms with Crippen LogP contribution in [-0.2, 0) is 13.0 Å². The van der Waals surface area contributed by atoms with Crippen molar-refractivity contribution in [2.75, 3.05) is 6.54 Å². The second-order valence-electron chi connectivity index (χ2n) is 5.76. The van der Waals surface area contributed by atoms with Crippen molar-refractivity contribution >= 4 is 0 Å². The summed E-state index contributed by atoms with van der Waals surface area (Å²) in [5, 5.41) is 8.06. The molecule has 1 N–H and O–H groups in total. The molecule has 18 heavy (non-hydrogen) atoms. The van der Waals surface area contributed by atoms with E-state index in [4.69, 9.17) is 0 Å². The quantitative estimate of drug-likeness (QED) is 0.768. The van der Waals surface area contributed by atoms with Crippen LogP contribution in [0.25, 0.3) is 0 Å². The van der Waals surface area contributed by atoms with Gasteiger partial charge in [0.2, 0.25) is 0 Å². The lowest BCUT2D eigenvalue weighted by Crippen LogP contribution is -2.43. The Hall–Kier alpha value is -0.830. The van der Waals surface area contributed by atoms with Crippen LogP contribution in [0.2, 0.25) is 0 Å². The molecular formula is C15H29N3. The van der Waals surface area contributed by atoms with Gasteiger partial charge in [-0.25, -0.2) is 0 Å². The van der Waals surface area contributed by atoms with Crippen LogP contribution in [0.4, 0.5) is 0 Å². The molecule has 0 aromatic carbocycles. The lowest BCUT2D eigenvalue weighted by atomic mass is 9.79. The third kappa shape index (κ3) is 4.13. The number of aryl methyl sites for hydroxylation is 1. The van der Waals surface area contributed by atoms with Gasteiger partial charge in [-0.3, -0.25) is 4.68 Å². The van der Waals surface area contributed by atoms with E-state index in [1.165, 1.54) is 18.4 Å². The van der Waals surface area contributed by atoms with Gasteiger partial charge in [-0.2, -0.15) is 5.10 Å². The van der Waals surface area contributed by atoms with Crippen molar-refractivity contribution in [3.63, 3.8) is 0 Å². The molecule has 0 spiro atoms. The zero-order valence-electron chi connectivity index (χ0n) is 12.7. The Morgan fingerprint density at radius 1 is 1.33 bits per heavy atom. The maximum Gasteiger partial charge on any atom is 0.0522 e. The summed E-state index contributed by atoms with van der Waals surface area (Å²) < 4.78 is 2.01. The van der Waals surface area contributed by atoms with Gasteiger partial charge in [0.1, 0.15) is 0 Å². The van der Waals surface area contributed by atoms with Crippen molar-refractivity contribution in [1.29, 1.82) is 0 Å². The highest BCUT2D eigenvalue weighted by Crippen LogP contribution is 2.27. The first kappa shape index (κ1) is 15.2. The third-order valence-electron chi connectivity index (χ3n) is 3.95. The van der Waals surface area contributed by atoms with Crippen LogP contribution in [0, 0.1) is 5.41 Å². The number of aromatic nitrogens is 2. The molecule has 104 valence electrons. The molecular weight excluding hydrogens is 222 g/mol. The van der Waals surface area contributed by atoms with E-state index in [1.54, 1.807) is 0 Å². The Morgan fingerprint density at radius 2 is 2.06 bits per heavy atom. The second kappa shape index (κ2) is 6.93. The van der Waals surface area contributed by atoms with E-state index >= 15 is 0 Å². The lowest BCUT2D eigenvalue weighted by Gasteiger charge is -2.34. The number of hydrogen-bond acceptors (Lipinski definition) is 2. The zero-order chi connectivity index (χ0) is 13.6. The van der Waals surface area contributed by atoms with E-state index in [0.717, 1.165) is 19.5 Å². The normalized spacial score (nSPS) is 13.8. The highest BCUT2D eigenvalue weighted by Gasteiger charge is 2.27.